The Morgan fingerprint density at radius 3 is 2.71 bits per heavy atom. The summed E-state index contributed by atoms with van der Waals surface area (Å²) < 4.78 is 28.9. The summed E-state index contributed by atoms with van der Waals surface area (Å²) in [6, 6.07) is 14.9. The summed E-state index contributed by atoms with van der Waals surface area (Å²) in [6.07, 6.45) is 2.75. The van der Waals surface area contributed by atoms with E-state index < -0.39 is 10.0 Å². The Morgan fingerprint density at radius 1 is 1.09 bits per heavy atom. The minimum Gasteiger partial charge on any atom is -0.495 e. The molecule has 0 saturated carbocycles. The number of sulfonamides is 1. The van der Waals surface area contributed by atoms with Gasteiger partial charge in [-0.25, -0.2) is 23.5 Å². The molecule has 0 aliphatic carbocycles. The van der Waals surface area contributed by atoms with Gasteiger partial charge < -0.3 is 15.4 Å². The molecular weight excluding hydrogens is 450 g/mol. The number of hydrogen-bond donors (Lipinski definition) is 3. The van der Waals surface area contributed by atoms with Crippen LogP contribution in [0.4, 0.5) is 11.6 Å². The second-order valence-corrected chi connectivity index (χ2v) is 9.92. The van der Waals surface area contributed by atoms with Crippen molar-refractivity contribution in [3.63, 3.8) is 0 Å². The zero-order chi connectivity index (χ0) is 23.9. The summed E-state index contributed by atoms with van der Waals surface area (Å²) in [6.45, 7) is 3.64. The molecular formula is C25H25N5O3S. The molecule has 3 aromatic carbocycles. The average Bonchev–Trinajstić information content (AvgIpc) is 2.82. The van der Waals surface area contributed by atoms with Crippen molar-refractivity contribution < 1.29 is 13.2 Å². The molecule has 1 aliphatic rings. The van der Waals surface area contributed by atoms with Crippen LogP contribution in [0.1, 0.15) is 16.7 Å². The fourth-order valence-corrected chi connectivity index (χ4v) is 4.88. The van der Waals surface area contributed by atoms with E-state index in [4.69, 9.17) is 14.9 Å². The Morgan fingerprint density at radius 2 is 1.94 bits per heavy atom. The number of benzene rings is 3. The second-order valence-electron chi connectivity index (χ2n) is 8.36. The molecule has 174 valence electrons. The fraction of sp³-hybridized carbons (Fsp3) is 0.200. The molecule has 0 saturated heterocycles. The molecule has 0 radical (unpaired) electrons. The van der Waals surface area contributed by atoms with Gasteiger partial charge in [-0.2, -0.15) is 0 Å². The molecule has 2 heterocycles. The lowest BCUT2D eigenvalue weighted by Crippen LogP contribution is -2.23. The number of ether oxygens (including phenoxy) is 1. The number of hydrogen-bond acceptors (Lipinski definition) is 7. The Bertz CT molecular complexity index is 1520. The third-order valence-corrected chi connectivity index (χ3v) is 6.99. The van der Waals surface area contributed by atoms with Crippen LogP contribution in [-0.2, 0) is 23.0 Å². The maximum atomic E-state index is 11.7. The third kappa shape index (κ3) is 4.33. The van der Waals surface area contributed by atoms with E-state index in [1.165, 1.54) is 17.2 Å². The zero-order valence-corrected chi connectivity index (χ0v) is 19.7. The summed E-state index contributed by atoms with van der Waals surface area (Å²) in [4.78, 5) is 9.29. The molecule has 1 aromatic heterocycles. The van der Waals surface area contributed by atoms with Gasteiger partial charge in [0.1, 0.15) is 5.75 Å². The maximum Gasteiger partial charge on any atom is 0.238 e. The first-order valence-corrected chi connectivity index (χ1v) is 12.4. The number of anilines is 2. The van der Waals surface area contributed by atoms with E-state index >= 15 is 0 Å². The van der Waals surface area contributed by atoms with Crippen molar-refractivity contribution in [2.75, 3.05) is 19.0 Å². The molecule has 0 unspecified atom stereocenters. The first-order valence-electron chi connectivity index (χ1n) is 10.9. The number of aromatic nitrogens is 2. The summed E-state index contributed by atoms with van der Waals surface area (Å²) in [7, 11) is -2.09. The van der Waals surface area contributed by atoms with Crippen LogP contribution in [0.5, 0.6) is 5.75 Å². The number of aryl methyl sites for hydroxylation is 1. The molecule has 4 N–H and O–H groups in total. The van der Waals surface area contributed by atoms with Crippen molar-refractivity contribution in [3.05, 3.63) is 71.4 Å². The van der Waals surface area contributed by atoms with Crippen LogP contribution in [0.3, 0.4) is 0 Å². The summed E-state index contributed by atoms with van der Waals surface area (Å²) in [5, 5.41) is 12.9. The van der Waals surface area contributed by atoms with Crippen LogP contribution in [-0.4, -0.2) is 32.0 Å². The minimum absolute atomic E-state index is 0.0950. The van der Waals surface area contributed by atoms with Gasteiger partial charge in [-0.3, -0.25) is 0 Å². The lowest BCUT2D eigenvalue weighted by molar-refractivity contribution is 0.415. The first-order chi connectivity index (χ1) is 16.3. The maximum absolute atomic E-state index is 11.7. The molecule has 1 aliphatic heterocycles. The van der Waals surface area contributed by atoms with Crippen molar-refractivity contribution in [1.29, 1.82) is 0 Å². The summed E-state index contributed by atoms with van der Waals surface area (Å²) >= 11 is 0. The smallest absolute Gasteiger partial charge is 0.238 e. The lowest BCUT2D eigenvalue weighted by Gasteiger charge is -2.20. The lowest BCUT2D eigenvalue weighted by atomic mass is 9.99. The van der Waals surface area contributed by atoms with Crippen molar-refractivity contribution in [2.24, 2.45) is 5.14 Å². The number of primary sulfonamides is 1. The van der Waals surface area contributed by atoms with E-state index in [9.17, 15) is 8.42 Å². The number of nitrogens with one attached hydrogen (secondary N) is 2. The fourth-order valence-electron chi connectivity index (χ4n) is 4.29. The van der Waals surface area contributed by atoms with E-state index in [0.717, 1.165) is 58.5 Å². The molecule has 8 nitrogen and oxygen atoms in total. The van der Waals surface area contributed by atoms with E-state index in [-0.39, 0.29) is 4.90 Å². The Balaban J connectivity index is 1.50. The van der Waals surface area contributed by atoms with Gasteiger partial charge in [0.2, 0.25) is 16.0 Å². The van der Waals surface area contributed by atoms with Crippen LogP contribution in [0.25, 0.3) is 22.0 Å². The first kappa shape index (κ1) is 22.3. The average molecular weight is 476 g/mol. The molecule has 0 amide bonds. The highest BCUT2D eigenvalue weighted by atomic mass is 32.2. The van der Waals surface area contributed by atoms with Crippen molar-refractivity contribution >= 4 is 32.6 Å². The monoisotopic (exact) mass is 475 g/mol. The molecule has 0 spiro atoms. The Hall–Kier alpha value is -3.53. The van der Waals surface area contributed by atoms with E-state index in [1.54, 1.807) is 25.4 Å². The summed E-state index contributed by atoms with van der Waals surface area (Å²) in [5.74, 6) is 1.22. The number of rotatable bonds is 5. The topological polar surface area (TPSA) is 119 Å². The van der Waals surface area contributed by atoms with Gasteiger partial charge in [-0.15, -0.1) is 0 Å². The van der Waals surface area contributed by atoms with Gasteiger partial charge >= 0.3 is 0 Å². The molecule has 0 bridgehead atoms. The zero-order valence-electron chi connectivity index (χ0n) is 18.9. The van der Waals surface area contributed by atoms with E-state index in [2.05, 4.69) is 27.8 Å². The van der Waals surface area contributed by atoms with E-state index in [0.29, 0.717) is 5.95 Å². The molecule has 9 heteroatoms. The van der Waals surface area contributed by atoms with Gasteiger partial charge in [0.25, 0.3) is 0 Å². The van der Waals surface area contributed by atoms with E-state index in [1.807, 2.05) is 25.1 Å². The molecule has 0 atom stereocenters. The Kier molecular flexibility index (Phi) is 5.68. The molecule has 34 heavy (non-hydrogen) atoms. The van der Waals surface area contributed by atoms with Crippen LogP contribution < -0.4 is 20.5 Å². The normalized spacial score (nSPS) is 13.5. The minimum atomic E-state index is -3.75. The van der Waals surface area contributed by atoms with Gasteiger partial charge in [-0.1, -0.05) is 18.2 Å². The standard InChI is InChI=1S/C25H25N5O3S/c1-15-9-20(34(26,31)32)5-6-21(15)17-3-4-18-14-28-25(29-22(18)10-17)30-23-11-19-13-27-8-7-16(19)12-24(23)33-2/h3-6,9-12,14,27H,7-8,13H2,1-2H3,(H2,26,31,32)(H,28,29,30). The number of nitrogens with zero attached hydrogens (tertiary/aromatic N) is 2. The van der Waals surface area contributed by atoms with Crippen molar-refractivity contribution in [1.82, 2.24) is 15.3 Å². The number of fused-ring (bicyclic) bond motifs is 2. The van der Waals surface area contributed by atoms with Crippen molar-refractivity contribution in [2.45, 2.75) is 24.8 Å². The van der Waals surface area contributed by atoms with Crippen molar-refractivity contribution in [3.8, 4) is 16.9 Å². The highest BCUT2D eigenvalue weighted by molar-refractivity contribution is 7.89. The highest BCUT2D eigenvalue weighted by Gasteiger charge is 2.15. The second kappa shape index (κ2) is 8.68. The quantitative estimate of drug-likeness (QED) is 0.403. The number of nitrogens with two attached hydrogens (primary N) is 1. The molecule has 4 aromatic rings. The van der Waals surface area contributed by atoms with Crippen LogP contribution in [0, 0.1) is 6.92 Å². The van der Waals surface area contributed by atoms with Crippen LogP contribution in [0.2, 0.25) is 0 Å². The molecule has 0 fully saturated rings. The Labute approximate surface area is 198 Å². The van der Waals surface area contributed by atoms with Gasteiger partial charge in [0.05, 0.1) is 23.2 Å². The molecule has 5 rings (SSSR count). The van der Waals surface area contributed by atoms with Crippen LogP contribution >= 0.6 is 0 Å². The highest BCUT2D eigenvalue weighted by Crippen LogP contribution is 2.33. The largest absolute Gasteiger partial charge is 0.495 e. The van der Waals surface area contributed by atoms with Gasteiger partial charge in [-0.05, 0) is 78.0 Å². The van der Waals surface area contributed by atoms with Crippen LogP contribution in [0.15, 0.2) is 59.6 Å². The predicted molar refractivity (Wildman–Crippen MR) is 133 cm³/mol. The number of methoxy groups -OCH3 is 1. The third-order valence-electron chi connectivity index (χ3n) is 6.07. The van der Waals surface area contributed by atoms with Gasteiger partial charge in [0, 0.05) is 18.1 Å². The predicted octanol–water partition coefficient (Wildman–Crippen LogP) is 3.65. The SMILES string of the molecule is COc1cc2c(cc1Nc1ncc3ccc(-c4ccc(S(N)(=O)=O)cc4C)cc3n1)CNCC2. The summed E-state index contributed by atoms with van der Waals surface area (Å²) in [5.41, 5.74) is 6.74. The van der Waals surface area contributed by atoms with Gasteiger partial charge in [0.15, 0.2) is 0 Å².